The van der Waals surface area contributed by atoms with Crippen molar-refractivity contribution in [2.45, 2.75) is 6.42 Å². The minimum atomic E-state index is 0.819. The van der Waals surface area contributed by atoms with Crippen molar-refractivity contribution in [1.29, 1.82) is 0 Å². The molecule has 29 heavy (non-hydrogen) atoms. The van der Waals surface area contributed by atoms with Crippen LogP contribution in [0.25, 0.3) is 0 Å². The number of hydrogen-bond donors (Lipinski definition) is 0. The summed E-state index contributed by atoms with van der Waals surface area (Å²) in [5.41, 5.74) is 4.29. The highest BCUT2D eigenvalue weighted by molar-refractivity contribution is 14.1. The highest BCUT2D eigenvalue weighted by atomic mass is 127. The zero-order chi connectivity index (χ0) is 20.1. The molecule has 0 fully saturated rings. The van der Waals surface area contributed by atoms with E-state index < -0.39 is 0 Å². The summed E-state index contributed by atoms with van der Waals surface area (Å²) in [7, 11) is 0. The van der Waals surface area contributed by atoms with E-state index in [0.717, 1.165) is 29.4 Å². The summed E-state index contributed by atoms with van der Waals surface area (Å²) in [6.07, 6.45) is 11.7. The number of aliphatic imine (C=N–C) groups is 2. The van der Waals surface area contributed by atoms with Gasteiger partial charge in [-0.25, -0.2) is 9.97 Å². The topological polar surface area (TPSA) is 60.4 Å². The smallest absolute Gasteiger partial charge is 0.160 e. The third-order valence-electron chi connectivity index (χ3n) is 4.19. The summed E-state index contributed by atoms with van der Waals surface area (Å²) in [6, 6.07) is 16.5. The SMILES string of the molecule is In1ccnc1C=Nc1ccc(Cc2ccc(N=Cc3nccn3I)cc2)cc1. The van der Waals surface area contributed by atoms with Crippen LogP contribution in [0.15, 0.2) is 83.3 Å². The Hall–Kier alpha value is -2.34. The van der Waals surface area contributed by atoms with Gasteiger partial charge in [-0.3, -0.25) is 15.5 Å². The maximum atomic E-state index is 4.48. The number of rotatable bonds is 6. The normalized spacial score (nSPS) is 11.7. The van der Waals surface area contributed by atoms with E-state index in [4.69, 9.17) is 0 Å². The molecule has 0 aliphatic heterocycles. The van der Waals surface area contributed by atoms with Crippen molar-refractivity contribution in [2.24, 2.45) is 9.98 Å². The third kappa shape index (κ3) is 5.38. The van der Waals surface area contributed by atoms with Crippen molar-refractivity contribution in [3.05, 3.63) is 96.1 Å². The predicted octanol–water partition coefficient (Wildman–Crippen LogP) is 5.57. The number of benzene rings is 2. The quantitative estimate of drug-likeness (QED) is 0.213. The van der Waals surface area contributed by atoms with Crippen molar-refractivity contribution >= 4 is 69.5 Å². The fourth-order valence-electron chi connectivity index (χ4n) is 2.68. The van der Waals surface area contributed by atoms with Gasteiger partial charge in [-0.05, 0) is 41.8 Å². The molecule has 0 radical (unpaired) electrons. The van der Waals surface area contributed by atoms with E-state index in [9.17, 15) is 0 Å². The second-order valence-corrected chi connectivity index (χ2v) is 8.30. The maximum Gasteiger partial charge on any atom is 0.160 e. The van der Waals surface area contributed by atoms with Gasteiger partial charge in [0.1, 0.15) is 0 Å². The van der Waals surface area contributed by atoms with E-state index in [1.165, 1.54) is 11.1 Å². The van der Waals surface area contributed by atoms with Gasteiger partial charge in [-0.2, -0.15) is 0 Å². The monoisotopic (exact) mass is 606 g/mol. The van der Waals surface area contributed by atoms with Crippen molar-refractivity contribution in [3.63, 3.8) is 0 Å². The zero-order valence-electron chi connectivity index (χ0n) is 15.2. The molecule has 0 amide bonds. The molecule has 4 aromatic rings. The van der Waals surface area contributed by atoms with Crippen LogP contribution in [0.4, 0.5) is 11.4 Å². The van der Waals surface area contributed by atoms with Crippen LogP contribution in [0.2, 0.25) is 0 Å². The molecular formula is C21H16I2N6. The van der Waals surface area contributed by atoms with Crippen LogP contribution in [-0.2, 0) is 6.42 Å². The van der Waals surface area contributed by atoms with E-state index in [1.54, 1.807) is 24.8 Å². The Morgan fingerprint density at radius 2 is 1.10 bits per heavy atom. The molecule has 2 heterocycles. The minimum Gasteiger partial charge on any atom is -0.271 e. The second kappa shape index (κ2) is 9.44. The van der Waals surface area contributed by atoms with Gasteiger partial charge in [0, 0.05) is 24.8 Å². The Morgan fingerprint density at radius 3 is 1.45 bits per heavy atom. The highest BCUT2D eigenvalue weighted by Gasteiger charge is 2.00. The molecule has 0 N–H and O–H groups in total. The van der Waals surface area contributed by atoms with Crippen LogP contribution in [0.3, 0.4) is 0 Å². The molecule has 144 valence electrons. The fourth-order valence-corrected chi connectivity index (χ4v) is 3.46. The lowest BCUT2D eigenvalue weighted by Gasteiger charge is -2.03. The van der Waals surface area contributed by atoms with Crippen molar-refractivity contribution in [3.8, 4) is 0 Å². The molecule has 0 aliphatic carbocycles. The molecule has 0 spiro atoms. The summed E-state index contributed by atoms with van der Waals surface area (Å²) in [5, 5.41) is 0. The van der Waals surface area contributed by atoms with Gasteiger partial charge in [-0.1, -0.05) is 24.3 Å². The largest absolute Gasteiger partial charge is 0.271 e. The first-order chi connectivity index (χ1) is 14.2. The Kier molecular flexibility index (Phi) is 6.49. The standard InChI is InChI=1S/C21H16I2N6/c22-28-11-9-24-20(28)14-26-18-5-1-16(2-6-18)13-17-3-7-19(8-4-17)27-15-21-25-10-12-29(21)23/h1-12,14-15H,13H2. The first kappa shape index (κ1) is 20.0. The van der Waals surface area contributed by atoms with Crippen LogP contribution >= 0.6 is 45.7 Å². The molecule has 0 aliphatic rings. The highest BCUT2D eigenvalue weighted by Crippen LogP contribution is 2.19. The molecule has 4 rings (SSSR count). The molecule has 2 aromatic heterocycles. The molecule has 8 heteroatoms. The molecular weight excluding hydrogens is 590 g/mol. The van der Waals surface area contributed by atoms with Crippen molar-refractivity contribution < 1.29 is 0 Å². The first-order valence-corrected chi connectivity index (χ1v) is 10.8. The Bertz CT molecular complexity index is 1050. The number of imidazole rings is 2. The van der Waals surface area contributed by atoms with Crippen LogP contribution in [0.5, 0.6) is 0 Å². The van der Waals surface area contributed by atoms with Gasteiger partial charge in [0.25, 0.3) is 0 Å². The minimum absolute atomic E-state index is 0.819. The summed E-state index contributed by atoms with van der Waals surface area (Å²) in [5.74, 6) is 1.64. The summed E-state index contributed by atoms with van der Waals surface area (Å²) in [4.78, 5) is 17.4. The summed E-state index contributed by atoms with van der Waals surface area (Å²) in [6.45, 7) is 0. The third-order valence-corrected chi connectivity index (χ3v) is 5.82. The lowest BCUT2D eigenvalue weighted by Crippen LogP contribution is -1.90. The van der Waals surface area contributed by atoms with Gasteiger partial charge >= 0.3 is 0 Å². The van der Waals surface area contributed by atoms with Crippen LogP contribution in [0, 0.1) is 0 Å². The fraction of sp³-hybridized carbons (Fsp3) is 0.0476. The molecule has 0 saturated carbocycles. The molecule has 0 saturated heterocycles. The average Bonchev–Trinajstić information content (AvgIpc) is 3.34. The van der Waals surface area contributed by atoms with Crippen LogP contribution in [-0.4, -0.2) is 28.0 Å². The van der Waals surface area contributed by atoms with E-state index in [1.807, 2.05) is 42.2 Å². The Morgan fingerprint density at radius 1 is 0.690 bits per heavy atom. The van der Waals surface area contributed by atoms with Gasteiger partial charge in [0.15, 0.2) is 11.6 Å². The van der Waals surface area contributed by atoms with Crippen molar-refractivity contribution in [2.75, 3.05) is 0 Å². The molecule has 0 unspecified atom stereocenters. The van der Waals surface area contributed by atoms with Gasteiger partial charge < -0.3 is 0 Å². The van der Waals surface area contributed by atoms with Gasteiger partial charge in [0.2, 0.25) is 0 Å². The van der Waals surface area contributed by atoms with Crippen LogP contribution < -0.4 is 0 Å². The average molecular weight is 606 g/mol. The van der Waals surface area contributed by atoms with E-state index in [2.05, 4.69) is 89.9 Å². The second-order valence-electron chi connectivity index (χ2n) is 6.22. The number of nitrogens with zero attached hydrogens (tertiary/aromatic N) is 6. The Labute approximate surface area is 196 Å². The molecule has 6 nitrogen and oxygen atoms in total. The Balaban J connectivity index is 1.38. The zero-order valence-corrected chi connectivity index (χ0v) is 19.5. The molecule has 0 bridgehead atoms. The van der Waals surface area contributed by atoms with Crippen LogP contribution in [0.1, 0.15) is 22.8 Å². The van der Waals surface area contributed by atoms with Gasteiger partial charge in [0.05, 0.1) is 69.5 Å². The maximum absolute atomic E-state index is 4.48. The van der Waals surface area contributed by atoms with E-state index in [-0.39, 0.29) is 0 Å². The number of aromatic nitrogens is 4. The first-order valence-electron chi connectivity index (χ1n) is 8.82. The summed E-state index contributed by atoms with van der Waals surface area (Å²) < 4.78 is 3.80. The summed E-state index contributed by atoms with van der Waals surface area (Å²) >= 11 is 4.35. The number of halogens is 2. The lowest BCUT2D eigenvalue weighted by atomic mass is 10.0. The van der Waals surface area contributed by atoms with Gasteiger partial charge in [-0.15, -0.1) is 0 Å². The van der Waals surface area contributed by atoms with Crippen molar-refractivity contribution in [1.82, 2.24) is 15.5 Å². The predicted molar refractivity (Wildman–Crippen MR) is 133 cm³/mol. The van der Waals surface area contributed by atoms with E-state index >= 15 is 0 Å². The lowest BCUT2D eigenvalue weighted by molar-refractivity contribution is 1.19. The molecule has 0 atom stereocenters. The van der Waals surface area contributed by atoms with E-state index in [0.29, 0.717) is 0 Å². The molecule has 2 aromatic carbocycles. The number of hydrogen-bond acceptors (Lipinski definition) is 4.